The van der Waals surface area contributed by atoms with E-state index in [-0.39, 0.29) is 0 Å². The number of aromatic nitrogens is 1. The standard InChI is InChI=1S/C17H18N2O2/c1-12-9-15(17(20)21)10-16(18-12)19-8-7-14(11-19)13-5-3-2-4-6-13/h2-6,9-10,14H,7-8,11H2,1H3,(H,20,21). The van der Waals surface area contributed by atoms with Crippen molar-refractivity contribution in [2.75, 3.05) is 18.0 Å². The van der Waals surface area contributed by atoms with Crippen LogP contribution in [0.5, 0.6) is 0 Å². The largest absolute Gasteiger partial charge is 0.478 e. The summed E-state index contributed by atoms with van der Waals surface area (Å²) in [7, 11) is 0. The number of rotatable bonds is 3. The minimum Gasteiger partial charge on any atom is -0.478 e. The second-order valence-electron chi connectivity index (χ2n) is 5.50. The average Bonchev–Trinajstić information content (AvgIpc) is 2.97. The molecule has 3 rings (SSSR count). The summed E-state index contributed by atoms with van der Waals surface area (Å²) in [6.45, 7) is 3.63. The molecule has 108 valence electrons. The molecule has 1 unspecified atom stereocenters. The van der Waals surface area contributed by atoms with Gasteiger partial charge in [-0.25, -0.2) is 9.78 Å². The lowest BCUT2D eigenvalue weighted by molar-refractivity contribution is 0.0696. The number of carboxylic acids is 1. The molecule has 1 atom stereocenters. The number of hydrogen-bond acceptors (Lipinski definition) is 3. The van der Waals surface area contributed by atoms with Gasteiger partial charge in [-0.2, -0.15) is 0 Å². The van der Waals surface area contributed by atoms with Crippen LogP contribution in [-0.2, 0) is 0 Å². The predicted octanol–water partition coefficient (Wildman–Crippen LogP) is 3.08. The summed E-state index contributed by atoms with van der Waals surface area (Å²) in [6.07, 6.45) is 1.07. The predicted molar refractivity (Wildman–Crippen MR) is 81.9 cm³/mol. The minimum atomic E-state index is -0.902. The molecule has 2 aromatic rings. The van der Waals surface area contributed by atoms with Gasteiger partial charge in [0.2, 0.25) is 0 Å². The van der Waals surface area contributed by atoms with Gasteiger partial charge >= 0.3 is 5.97 Å². The first kappa shape index (κ1) is 13.6. The van der Waals surface area contributed by atoms with E-state index in [1.165, 1.54) is 5.56 Å². The molecule has 4 nitrogen and oxygen atoms in total. The van der Waals surface area contributed by atoms with Crippen molar-refractivity contribution in [3.05, 3.63) is 59.3 Å². The first-order chi connectivity index (χ1) is 10.1. The number of benzene rings is 1. The number of aromatic carboxylic acids is 1. The Morgan fingerprint density at radius 1 is 1.29 bits per heavy atom. The minimum absolute atomic E-state index is 0.306. The van der Waals surface area contributed by atoms with Crippen LogP contribution in [0.3, 0.4) is 0 Å². The summed E-state index contributed by atoms with van der Waals surface area (Å²) in [5, 5.41) is 9.16. The second-order valence-corrected chi connectivity index (χ2v) is 5.50. The van der Waals surface area contributed by atoms with Crippen molar-refractivity contribution in [3.8, 4) is 0 Å². The third kappa shape index (κ3) is 2.89. The fraction of sp³-hybridized carbons (Fsp3) is 0.294. The Kier molecular flexibility index (Phi) is 3.60. The Balaban J connectivity index is 1.82. The molecule has 1 aromatic heterocycles. The number of nitrogens with zero attached hydrogens (tertiary/aromatic N) is 2. The third-order valence-corrected chi connectivity index (χ3v) is 3.97. The maximum Gasteiger partial charge on any atom is 0.335 e. The van der Waals surface area contributed by atoms with Gasteiger partial charge < -0.3 is 10.0 Å². The van der Waals surface area contributed by atoms with E-state index in [0.717, 1.165) is 31.0 Å². The number of carbonyl (C=O) groups is 1. The van der Waals surface area contributed by atoms with Crippen molar-refractivity contribution in [2.45, 2.75) is 19.3 Å². The lowest BCUT2D eigenvalue weighted by atomic mass is 9.99. The van der Waals surface area contributed by atoms with Crippen molar-refractivity contribution in [1.29, 1.82) is 0 Å². The Labute approximate surface area is 124 Å². The average molecular weight is 282 g/mol. The molecule has 0 radical (unpaired) electrons. The van der Waals surface area contributed by atoms with Crippen LogP contribution >= 0.6 is 0 Å². The van der Waals surface area contributed by atoms with Crippen molar-refractivity contribution in [3.63, 3.8) is 0 Å². The smallest absolute Gasteiger partial charge is 0.335 e. The number of aryl methyl sites for hydroxylation is 1. The van der Waals surface area contributed by atoms with Gasteiger partial charge in [0.25, 0.3) is 0 Å². The van der Waals surface area contributed by atoms with Crippen molar-refractivity contribution in [1.82, 2.24) is 4.98 Å². The fourth-order valence-electron chi connectivity index (χ4n) is 2.90. The van der Waals surface area contributed by atoms with Crippen LogP contribution in [0.4, 0.5) is 5.82 Å². The van der Waals surface area contributed by atoms with Gasteiger partial charge in [-0.3, -0.25) is 0 Å². The molecule has 4 heteroatoms. The van der Waals surface area contributed by atoms with Crippen LogP contribution in [0, 0.1) is 6.92 Å². The monoisotopic (exact) mass is 282 g/mol. The molecule has 0 amide bonds. The van der Waals surface area contributed by atoms with E-state index >= 15 is 0 Å². The molecular formula is C17H18N2O2. The van der Waals surface area contributed by atoms with Crippen molar-refractivity contribution in [2.24, 2.45) is 0 Å². The molecule has 1 aliphatic rings. The van der Waals surface area contributed by atoms with Gasteiger partial charge in [0.15, 0.2) is 0 Å². The zero-order chi connectivity index (χ0) is 14.8. The molecule has 1 aromatic carbocycles. The maximum atomic E-state index is 11.2. The molecule has 0 aliphatic carbocycles. The highest BCUT2D eigenvalue weighted by molar-refractivity contribution is 5.88. The molecule has 1 aliphatic heterocycles. The van der Waals surface area contributed by atoms with Crippen molar-refractivity contribution < 1.29 is 9.90 Å². The third-order valence-electron chi connectivity index (χ3n) is 3.97. The topological polar surface area (TPSA) is 53.4 Å². The summed E-state index contributed by atoms with van der Waals surface area (Å²) in [6, 6.07) is 13.7. The number of anilines is 1. The summed E-state index contributed by atoms with van der Waals surface area (Å²) in [5.41, 5.74) is 2.39. The fourth-order valence-corrected chi connectivity index (χ4v) is 2.90. The van der Waals surface area contributed by atoms with E-state index in [9.17, 15) is 4.79 Å². The van der Waals surface area contributed by atoms with Gasteiger partial charge in [-0.05, 0) is 31.0 Å². The molecule has 0 bridgehead atoms. The van der Waals surface area contributed by atoms with E-state index < -0.39 is 5.97 Å². The Morgan fingerprint density at radius 3 is 2.76 bits per heavy atom. The van der Waals surface area contributed by atoms with Crippen LogP contribution < -0.4 is 4.90 Å². The van der Waals surface area contributed by atoms with Crippen LogP contribution in [0.2, 0.25) is 0 Å². The summed E-state index contributed by atoms with van der Waals surface area (Å²) in [4.78, 5) is 17.8. The molecule has 0 spiro atoms. The summed E-state index contributed by atoms with van der Waals surface area (Å²) < 4.78 is 0. The normalized spacial score (nSPS) is 18.0. The van der Waals surface area contributed by atoms with E-state index in [1.54, 1.807) is 12.1 Å². The Hall–Kier alpha value is -2.36. The highest BCUT2D eigenvalue weighted by Gasteiger charge is 2.25. The quantitative estimate of drug-likeness (QED) is 0.940. The van der Waals surface area contributed by atoms with Gasteiger partial charge in [0.1, 0.15) is 5.82 Å². The lowest BCUT2D eigenvalue weighted by Crippen LogP contribution is -2.21. The molecule has 0 saturated carbocycles. The Morgan fingerprint density at radius 2 is 2.05 bits per heavy atom. The highest BCUT2D eigenvalue weighted by atomic mass is 16.4. The number of carboxylic acid groups (broad SMARTS) is 1. The molecule has 1 N–H and O–H groups in total. The molecule has 1 saturated heterocycles. The second kappa shape index (κ2) is 5.56. The van der Waals surface area contributed by atoms with Crippen LogP contribution in [-0.4, -0.2) is 29.1 Å². The van der Waals surface area contributed by atoms with Gasteiger partial charge in [-0.1, -0.05) is 30.3 Å². The molecule has 21 heavy (non-hydrogen) atoms. The molecule has 1 fully saturated rings. The van der Waals surface area contributed by atoms with Gasteiger partial charge in [0, 0.05) is 24.7 Å². The Bertz CT molecular complexity index is 655. The van der Waals surface area contributed by atoms with Gasteiger partial charge in [0.05, 0.1) is 5.56 Å². The first-order valence-corrected chi connectivity index (χ1v) is 7.15. The van der Waals surface area contributed by atoms with Gasteiger partial charge in [-0.15, -0.1) is 0 Å². The molecule has 2 heterocycles. The zero-order valence-electron chi connectivity index (χ0n) is 12.0. The SMILES string of the molecule is Cc1cc(C(=O)O)cc(N2CCC(c3ccccc3)C2)n1. The first-order valence-electron chi connectivity index (χ1n) is 7.15. The lowest BCUT2D eigenvalue weighted by Gasteiger charge is -2.18. The van der Waals surface area contributed by atoms with E-state index in [1.807, 2.05) is 13.0 Å². The van der Waals surface area contributed by atoms with Crippen LogP contribution in [0.15, 0.2) is 42.5 Å². The maximum absolute atomic E-state index is 11.2. The van der Waals surface area contributed by atoms with E-state index in [4.69, 9.17) is 5.11 Å². The highest BCUT2D eigenvalue weighted by Crippen LogP contribution is 2.30. The van der Waals surface area contributed by atoms with Crippen LogP contribution in [0.25, 0.3) is 0 Å². The van der Waals surface area contributed by atoms with Crippen LogP contribution in [0.1, 0.15) is 34.0 Å². The summed E-state index contributed by atoms with van der Waals surface area (Å²) >= 11 is 0. The number of pyridine rings is 1. The summed E-state index contributed by atoms with van der Waals surface area (Å²) in [5.74, 6) is 0.355. The van der Waals surface area contributed by atoms with E-state index in [2.05, 4.69) is 34.1 Å². The van der Waals surface area contributed by atoms with E-state index in [0.29, 0.717) is 11.5 Å². The number of hydrogen-bond donors (Lipinski definition) is 1. The van der Waals surface area contributed by atoms with Crippen molar-refractivity contribution >= 4 is 11.8 Å². The zero-order valence-corrected chi connectivity index (χ0v) is 12.0. The molecular weight excluding hydrogens is 264 g/mol.